The molecule has 0 spiro atoms. The maximum atomic E-state index is 11.1. The number of benzene rings is 1. The van der Waals surface area contributed by atoms with Gasteiger partial charge in [-0.1, -0.05) is 0 Å². The molecule has 1 aromatic carbocycles. The molecule has 0 bridgehead atoms. The van der Waals surface area contributed by atoms with E-state index >= 15 is 0 Å². The third-order valence-electron chi connectivity index (χ3n) is 2.87. The van der Waals surface area contributed by atoms with Crippen molar-refractivity contribution in [3.63, 3.8) is 0 Å². The van der Waals surface area contributed by atoms with Crippen LogP contribution < -0.4 is 10.0 Å². The average Bonchev–Trinajstić information content (AvgIpc) is 2.76. The molecule has 108 valence electrons. The molecule has 0 amide bonds. The minimum Gasteiger partial charge on any atom is -0.378 e. The number of aryl methyl sites for hydroxylation is 1. The predicted molar refractivity (Wildman–Crippen MR) is 86.0 cm³/mol. The van der Waals surface area contributed by atoms with E-state index in [1.165, 1.54) is 10.4 Å². The molecule has 1 aromatic heterocycles. The summed E-state index contributed by atoms with van der Waals surface area (Å²) in [6.07, 6.45) is 1.14. The molecule has 0 saturated carbocycles. The first-order valence-electron chi connectivity index (χ1n) is 6.23. The maximum absolute atomic E-state index is 11.1. The van der Waals surface area contributed by atoms with E-state index in [0.717, 1.165) is 11.9 Å². The Labute approximate surface area is 123 Å². The summed E-state index contributed by atoms with van der Waals surface area (Å²) in [4.78, 5) is 1.31. The van der Waals surface area contributed by atoms with Crippen molar-refractivity contribution in [1.29, 1.82) is 0 Å². The third kappa shape index (κ3) is 3.98. The molecule has 2 N–H and O–H groups in total. The average molecular weight is 310 g/mol. The lowest BCUT2D eigenvalue weighted by Gasteiger charge is -2.15. The molecule has 1 atom stereocenters. The highest BCUT2D eigenvalue weighted by molar-refractivity contribution is 7.92. The Balaban J connectivity index is 2.06. The van der Waals surface area contributed by atoms with E-state index in [0.29, 0.717) is 5.69 Å². The summed E-state index contributed by atoms with van der Waals surface area (Å²) >= 11 is 1.73. The molecule has 0 radical (unpaired) electrons. The highest BCUT2D eigenvalue weighted by Gasteiger charge is 2.09. The fourth-order valence-electron chi connectivity index (χ4n) is 1.99. The molecule has 0 fully saturated rings. The lowest BCUT2D eigenvalue weighted by molar-refractivity contribution is 0.607. The Morgan fingerprint density at radius 3 is 2.20 bits per heavy atom. The van der Waals surface area contributed by atoms with Crippen molar-refractivity contribution >= 4 is 32.7 Å². The number of thiophene rings is 1. The fourth-order valence-corrected chi connectivity index (χ4v) is 3.49. The van der Waals surface area contributed by atoms with E-state index in [2.05, 4.69) is 35.3 Å². The molecule has 1 unspecified atom stereocenters. The van der Waals surface area contributed by atoms with E-state index < -0.39 is 10.0 Å². The molecule has 0 aliphatic carbocycles. The van der Waals surface area contributed by atoms with Gasteiger partial charge in [-0.3, -0.25) is 4.72 Å². The molecule has 2 rings (SSSR count). The van der Waals surface area contributed by atoms with Crippen molar-refractivity contribution in [2.45, 2.75) is 19.9 Å². The molecule has 2 aromatic rings. The van der Waals surface area contributed by atoms with Crippen LogP contribution >= 0.6 is 11.3 Å². The molecule has 1 heterocycles. The van der Waals surface area contributed by atoms with Crippen LogP contribution in [0.1, 0.15) is 23.4 Å². The SMILES string of the molecule is Cc1ccsc1C(C)Nc1ccc(NS(C)(=O)=O)cc1. The summed E-state index contributed by atoms with van der Waals surface area (Å²) in [6, 6.07) is 9.56. The Hall–Kier alpha value is -1.53. The quantitative estimate of drug-likeness (QED) is 0.887. The third-order valence-corrected chi connectivity index (χ3v) is 4.67. The predicted octanol–water partition coefficient (Wildman–Crippen LogP) is 3.60. The lowest BCUT2D eigenvalue weighted by atomic mass is 10.2. The summed E-state index contributed by atoms with van der Waals surface area (Å²) in [5, 5.41) is 5.49. The van der Waals surface area contributed by atoms with Crippen LogP contribution in [0.15, 0.2) is 35.7 Å². The smallest absolute Gasteiger partial charge is 0.229 e. The van der Waals surface area contributed by atoms with E-state index in [9.17, 15) is 8.42 Å². The van der Waals surface area contributed by atoms with Gasteiger partial charge in [-0.2, -0.15) is 0 Å². The van der Waals surface area contributed by atoms with Crippen molar-refractivity contribution in [2.75, 3.05) is 16.3 Å². The van der Waals surface area contributed by atoms with Gasteiger partial charge in [0.05, 0.1) is 12.3 Å². The maximum Gasteiger partial charge on any atom is 0.229 e. The van der Waals surface area contributed by atoms with Gasteiger partial charge in [0.1, 0.15) is 0 Å². The first-order valence-corrected chi connectivity index (χ1v) is 9.00. The van der Waals surface area contributed by atoms with Crippen molar-refractivity contribution in [3.8, 4) is 0 Å². The van der Waals surface area contributed by atoms with E-state index in [-0.39, 0.29) is 6.04 Å². The number of hydrogen-bond donors (Lipinski definition) is 2. The molecular weight excluding hydrogens is 292 g/mol. The molecule has 4 nitrogen and oxygen atoms in total. The Morgan fingerprint density at radius 2 is 1.70 bits per heavy atom. The first-order chi connectivity index (χ1) is 9.35. The molecule has 20 heavy (non-hydrogen) atoms. The van der Waals surface area contributed by atoms with E-state index in [4.69, 9.17) is 0 Å². The Morgan fingerprint density at radius 1 is 1.10 bits per heavy atom. The number of nitrogens with one attached hydrogen (secondary N) is 2. The minimum absolute atomic E-state index is 0.226. The van der Waals surface area contributed by atoms with Crippen molar-refractivity contribution in [2.24, 2.45) is 0 Å². The molecule has 0 saturated heterocycles. The highest BCUT2D eigenvalue weighted by Crippen LogP contribution is 2.27. The Bertz CT molecular complexity index is 675. The topological polar surface area (TPSA) is 58.2 Å². The monoisotopic (exact) mass is 310 g/mol. The second kappa shape index (κ2) is 5.85. The zero-order valence-electron chi connectivity index (χ0n) is 11.7. The summed E-state index contributed by atoms with van der Waals surface area (Å²) < 4.78 is 24.7. The van der Waals surface area contributed by atoms with Gasteiger partial charge in [-0.05, 0) is 55.1 Å². The second-order valence-electron chi connectivity index (χ2n) is 4.79. The van der Waals surface area contributed by atoms with Gasteiger partial charge >= 0.3 is 0 Å². The van der Waals surface area contributed by atoms with Crippen LogP contribution in [0.2, 0.25) is 0 Å². The summed E-state index contributed by atoms with van der Waals surface area (Å²) in [5.74, 6) is 0. The lowest BCUT2D eigenvalue weighted by Crippen LogP contribution is -2.10. The van der Waals surface area contributed by atoms with Gasteiger partial charge in [0.2, 0.25) is 10.0 Å². The van der Waals surface area contributed by atoms with Gasteiger partial charge in [0.15, 0.2) is 0 Å². The van der Waals surface area contributed by atoms with Crippen LogP contribution in [0.25, 0.3) is 0 Å². The normalized spacial score (nSPS) is 12.9. The summed E-state index contributed by atoms with van der Waals surface area (Å²) in [5.41, 5.74) is 2.81. The number of hydrogen-bond acceptors (Lipinski definition) is 4. The van der Waals surface area contributed by atoms with Crippen LogP contribution in [0, 0.1) is 6.92 Å². The van der Waals surface area contributed by atoms with E-state index in [1.54, 1.807) is 23.5 Å². The highest BCUT2D eigenvalue weighted by atomic mass is 32.2. The Kier molecular flexibility index (Phi) is 4.35. The zero-order chi connectivity index (χ0) is 14.8. The first kappa shape index (κ1) is 14.9. The van der Waals surface area contributed by atoms with Crippen LogP contribution in [-0.4, -0.2) is 14.7 Å². The number of rotatable bonds is 5. The summed E-state index contributed by atoms with van der Waals surface area (Å²) in [6.45, 7) is 4.21. The largest absolute Gasteiger partial charge is 0.378 e. The van der Waals surface area contributed by atoms with Crippen LogP contribution in [0.5, 0.6) is 0 Å². The molecule has 6 heteroatoms. The molecular formula is C14H18N2O2S2. The van der Waals surface area contributed by atoms with Crippen molar-refractivity contribution in [1.82, 2.24) is 0 Å². The van der Waals surface area contributed by atoms with Gasteiger partial charge in [0.25, 0.3) is 0 Å². The number of anilines is 2. The van der Waals surface area contributed by atoms with Gasteiger partial charge in [0, 0.05) is 16.3 Å². The second-order valence-corrected chi connectivity index (χ2v) is 7.48. The minimum atomic E-state index is -3.22. The standard InChI is InChI=1S/C14H18N2O2S2/c1-10-8-9-19-14(10)11(2)15-12-4-6-13(7-5-12)16-20(3,17)18/h4-9,11,15-16H,1-3H3. The van der Waals surface area contributed by atoms with E-state index in [1.807, 2.05) is 12.1 Å². The van der Waals surface area contributed by atoms with Crippen LogP contribution in [0.3, 0.4) is 0 Å². The van der Waals surface area contributed by atoms with Crippen molar-refractivity contribution < 1.29 is 8.42 Å². The van der Waals surface area contributed by atoms with Crippen LogP contribution in [0.4, 0.5) is 11.4 Å². The number of sulfonamides is 1. The summed E-state index contributed by atoms with van der Waals surface area (Å²) in [7, 11) is -3.22. The van der Waals surface area contributed by atoms with Crippen LogP contribution in [-0.2, 0) is 10.0 Å². The van der Waals surface area contributed by atoms with Crippen molar-refractivity contribution in [3.05, 3.63) is 46.2 Å². The zero-order valence-corrected chi connectivity index (χ0v) is 13.3. The molecule has 0 aliphatic heterocycles. The fraction of sp³-hybridized carbons (Fsp3) is 0.286. The van der Waals surface area contributed by atoms with Gasteiger partial charge < -0.3 is 5.32 Å². The van der Waals surface area contributed by atoms with Gasteiger partial charge in [-0.15, -0.1) is 11.3 Å². The molecule has 0 aliphatic rings. The van der Waals surface area contributed by atoms with Gasteiger partial charge in [-0.25, -0.2) is 8.42 Å².